The summed E-state index contributed by atoms with van der Waals surface area (Å²) in [4.78, 5) is 62.5. The van der Waals surface area contributed by atoms with Crippen LogP contribution in [0, 0.1) is 17.8 Å². The average molecular weight is 686 g/mol. The minimum atomic E-state index is -2.98. The molecule has 11 heteroatoms. The fraction of sp³-hybridized carbons (Fsp3) is 0.605. The monoisotopic (exact) mass is 685 g/mol. The van der Waals surface area contributed by atoms with Crippen LogP contribution in [-0.4, -0.2) is 69.8 Å². The van der Waals surface area contributed by atoms with Gasteiger partial charge in [-0.3, -0.25) is 14.4 Å². The van der Waals surface area contributed by atoms with E-state index in [1.165, 1.54) is 25.0 Å². The number of ketones is 1. The summed E-state index contributed by atoms with van der Waals surface area (Å²) in [6, 6.07) is 5.49. The molecule has 1 aromatic rings. The zero-order valence-corrected chi connectivity index (χ0v) is 29.3. The third-order valence-electron chi connectivity index (χ3n) is 7.95. The van der Waals surface area contributed by atoms with E-state index in [-0.39, 0.29) is 25.4 Å². The lowest BCUT2D eigenvalue weighted by molar-refractivity contribution is -0.172. The van der Waals surface area contributed by atoms with Crippen LogP contribution in [0.4, 0.5) is 0 Å². The van der Waals surface area contributed by atoms with E-state index in [4.69, 9.17) is 9.47 Å². The molecule has 0 heterocycles. The summed E-state index contributed by atoms with van der Waals surface area (Å²) in [5.41, 5.74) is -2.35. The standard InChI is InChI=1S/C38H55NO10/c1-4-7-9-12-15-18-30(40)19-16-13-10-11-14-17-20-32(38(47,37(45)46)28-34(41)42)35(43)39-33(36(44)49-25-6-3)27-29-21-23-31(24-22-29)48-26-8-5-2/h17,20-24,32-33,47H,4,6-7,9-16,18-19,25-28H2,1-3H3,(H,39,43)(H,41,42)(H,45,46)/b20-17+/t32-,33+,38+/m1/s1. The molecule has 11 nitrogen and oxygen atoms in total. The molecule has 0 bridgehead atoms. The third-order valence-corrected chi connectivity index (χ3v) is 7.95. The smallest absolute Gasteiger partial charge is 0.337 e. The van der Waals surface area contributed by atoms with Crippen LogP contribution in [0.2, 0.25) is 0 Å². The number of carbonyl (C=O) groups excluding carboxylic acids is 3. The lowest BCUT2D eigenvalue weighted by Gasteiger charge is -2.29. The van der Waals surface area contributed by atoms with E-state index < -0.39 is 47.8 Å². The second kappa shape index (κ2) is 24.9. The second-order valence-electron chi connectivity index (χ2n) is 12.2. The Bertz CT molecular complexity index is 1260. The van der Waals surface area contributed by atoms with Crippen molar-refractivity contribution in [1.29, 1.82) is 0 Å². The molecule has 0 aliphatic rings. The first kappa shape index (κ1) is 42.9. The number of Topliss-reactive ketones (excluding diaryl/α,β-unsaturated/α-hetero) is 1. The van der Waals surface area contributed by atoms with Crippen LogP contribution >= 0.6 is 0 Å². The number of nitrogens with one attached hydrogen (secondary N) is 1. The lowest BCUT2D eigenvalue weighted by atomic mass is 9.82. The maximum Gasteiger partial charge on any atom is 0.337 e. The zero-order valence-electron chi connectivity index (χ0n) is 29.3. The van der Waals surface area contributed by atoms with E-state index >= 15 is 0 Å². The molecule has 0 unspecified atom stereocenters. The number of hydrogen-bond acceptors (Lipinski definition) is 8. The maximum atomic E-state index is 13.6. The normalized spacial score (nSPS) is 13.4. The van der Waals surface area contributed by atoms with Gasteiger partial charge in [0.2, 0.25) is 5.91 Å². The molecule has 0 saturated heterocycles. The third kappa shape index (κ3) is 17.7. The first-order valence-electron chi connectivity index (χ1n) is 17.4. The van der Waals surface area contributed by atoms with E-state index in [0.29, 0.717) is 43.4 Å². The van der Waals surface area contributed by atoms with Crippen LogP contribution in [0.1, 0.15) is 116 Å². The highest BCUT2D eigenvalue weighted by molar-refractivity contribution is 5.94. The van der Waals surface area contributed by atoms with Gasteiger partial charge in [0.1, 0.15) is 24.2 Å². The summed E-state index contributed by atoms with van der Waals surface area (Å²) in [6.07, 6.45) is 12.2. The van der Waals surface area contributed by atoms with Gasteiger partial charge in [0.05, 0.1) is 18.9 Å². The molecule has 0 aromatic heterocycles. The van der Waals surface area contributed by atoms with Gasteiger partial charge in [-0.25, -0.2) is 9.59 Å². The van der Waals surface area contributed by atoms with E-state index in [1.54, 1.807) is 38.1 Å². The van der Waals surface area contributed by atoms with Gasteiger partial charge in [0, 0.05) is 19.3 Å². The number of allylic oxidation sites excluding steroid dienone is 1. The van der Waals surface area contributed by atoms with Gasteiger partial charge < -0.3 is 30.1 Å². The predicted molar refractivity (Wildman–Crippen MR) is 186 cm³/mol. The van der Waals surface area contributed by atoms with E-state index in [2.05, 4.69) is 24.1 Å². The van der Waals surface area contributed by atoms with E-state index in [0.717, 1.165) is 38.5 Å². The van der Waals surface area contributed by atoms with Crippen LogP contribution in [0.3, 0.4) is 0 Å². The summed E-state index contributed by atoms with van der Waals surface area (Å²) < 4.78 is 10.8. The molecule has 4 N–H and O–H groups in total. The zero-order chi connectivity index (χ0) is 36.5. The first-order valence-corrected chi connectivity index (χ1v) is 17.4. The Labute approximate surface area is 290 Å². The molecule has 3 atom stereocenters. The second-order valence-corrected chi connectivity index (χ2v) is 12.2. The maximum absolute atomic E-state index is 13.6. The van der Waals surface area contributed by atoms with Gasteiger partial charge in [0.25, 0.3) is 0 Å². The fourth-order valence-electron chi connectivity index (χ4n) is 5.14. The van der Waals surface area contributed by atoms with Crippen LogP contribution in [0.5, 0.6) is 5.75 Å². The van der Waals surface area contributed by atoms with Crippen LogP contribution in [-0.2, 0) is 35.1 Å². The summed E-state index contributed by atoms with van der Waals surface area (Å²) in [6.45, 7) is 5.95. The van der Waals surface area contributed by atoms with Gasteiger partial charge in [0.15, 0.2) is 5.60 Å². The Morgan fingerprint density at radius 3 is 2.10 bits per heavy atom. The van der Waals surface area contributed by atoms with E-state index in [1.807, 2.05) is 0 Å². The largest absolute Gasteiger partial charge is 0.481 e. The molecule has 0 saturated carbocycles. The van der Waals surface area contributed by atoms with Gasteiger partial charge in [-0.2, -0.15) is 0 Å². The van der Waals surface area contributed by atoms with Crippen LogP contribution < -0.4 is 10.1 Å². The number of carbonyl (C=O) groups is 5. The predicted octanol–water partition coefficient (Wildman–Crippen LogP) is 5.80. The minimum Gasteiger partial charge on any atom is -0.481 e. The van der Waals surface area contributed by atoms with Crippen molar-refractivity contribution >= 4 is 29.6 Å². The Morgan fingerprint density at radius 2 is 1.53 bits per heavy atom. The van der Waals surface area contributed by atoms with Crippen molar-refractivity contribution in [3.63, 3.8) is 0 Å². The number of aliphatic carboxylic acids is 2. The molecule has 1 amide bonds. The SMILES string of the molecule is CC#CCOc1ccc(C[C@H](NC(=O)[C@@H](/C=C/CCCCCCC(=O)CCCCCCC)[C@@](O)(CC(=O)O)C(=O)O)C(=O)OCCC)cc1. The highest BCUT2D eigenvalue weighted by atomic mass is 16.5. The van der Waals surface area contributed by atoms with Crippen molar-refractivity contribution in [1.82, 2.24) is 5.32 Å². The molecule has 0 radical (unpaired) electrons. The van der Waals surface area contributed by atoms with Crippen LogP contribution in [0.15, 0.2) is 36.4 Å². The van der Waals surface area contributed by atoms with Crippen molar-refractivity contribution in [3.05, 3.63) is 42.0 Å². The van der Waals surface area contributed by atoms with Crippen molar-refractivity contribution in [2.45, 2.75) is 129 Å². The lowest BCUT2D eigenvalue weighted by Crippen LogP contribution is -2.55. The highest BCUT2D eigenvalue weighted by Crippen LogP contribution is 2.26. The summed E-state index contributed by atoms with van der Waals surface area (Å²) in [5, 5.41) is 32.8. The van der Waals surface area contributed by atoms with Crippen molar-refractivity contribution < 1.29 is 48.8 Å². The topological polar surface area (TPSA) is 177 Å². The number of benzene rings is 1. The van der Waals surface area contributed by atoms with Gasteiger partial charge in [-0.1, -0.05) is 82.6 Å². The molecule has 1 aromatic carbocycles. The molecule has 49 heavy (non-hydrogen) atoms. The number of carboxylic acid groups (broad SMARTS) is 2. The van der Waals surface area contributed by atoms with E-state index in [9.17, 15) is 39.3 Å². The number of aliphatic hydroxyl groups is 1. The highest BCUT2D eigenvalue weighted by Gasteiger charge is 2.49. The first-order chi connectivity index (χ1) is 23.5. The molecular formula is C38H55NO10. The van der Waals surface area contributed by atoms with Crippen LogP contribution in [0.25, 0.3) is 0 Å². The number of amides is 1. The molecule has 272 valence electrons. The number of esters is 1. The summed E-state index contributed by atoms with van der Waals surface area (Å²) in [7, 11) is 0. The number of rotatable bonds is 27. The van der Waals surface area contributed by atoms with Gasteiger partial charge in [-0.05, 0) is 56.7 Å². The number of hydrogen-bond donors (Lipinski definition) is 4. The molecule has 0 spiro atoms. The Morgan fingerprint density at radius 1 is 0.898 bits per heavy atom. The molecule has 1 rings (SSSR count). The quantitative estimate of drug-likeness (QED) is 0.0383. The summed E-state index contributed by atoms with van der Waals surface area (Å²) in [5.74, 6) is -0.779. The molecule has 0 aliphatic heterocycles. The Hall–Kier alpha value is -4.17. The van der Waals surface area contributed by atoms with Gasteiger partial charge in [-0.15, -0.1) is 5.92 Å². The summed E-state index contributed by atoms with van der Waals surface area (Å²) >= 11 is 0. The number of carboxylic acids is 2. The molecule has 0 fully saturated rings. The fourth-order valence-corrected chi connectivity index (χ4v) is 5.14. The average Bonchev–Trinajstić information content (AvgIpc) is 3.06. The van der Waals surface area contributed by atoms with Crippen molar-refractivity contribution in [2.75, 3.05) is 13.2 Å². The Kier molecular flexibility index (Phi) is 21.8. The number of ether oxygens (including phenoxy) is 2. The van der Waals surface area contributed by atoms with Crippen molar-refractivity contribution in [2.24, 2.45) is 5.92 Å². The minimum absolute atomic E-state index is 0.0223. The molecule has 0 aliphatic carbocycles. The Balaban J connectivity index is 2.97. The van der Waals surface area contributed by atoms with Crippen molar-refractivity contribution in [3.8, 4) is 17.6 Å². The number of unbranched alkanes of at least 4 members (excludes halogenated alkanes) is 8. The van der Waals surface area contributed by atoms with Gasteiger partial charge >= 0.3 is 17.9 Å². The molecular weight excluding hydrogens is 630 g/mol.